The fourth-order valence-corrected chi connectivity index (χ4v) is 2.55. The molecule has 0 amide bonds. The first-order valence-corrected chi connectivity index (χ1v) is 6.53. The second-order valence-corrected chi connectivity index (χ2v) is 5.32. The van der Waals surface area contributed by atoms with Crippen LogP contribution in [0.25, 0.3) is 16.2 Å². The van der Waals surface area contributed by atoms with Gasteiger partial charge in [-0.3, -0.25) is 0 Å². The molecule has 0 aliphatic carbocycles. The van der Waals surface area contributed by atoms with Crippen molar-refractivity contribution in [1.29, 1.82) is 0 Å². The molecular formula is C13H11N3O2S. The lowest BCUT2D eigenvalue weighted by atomic mass is 10.1. The normalized spacial score (nSPS) is 11.1. The molecule has 19 heavy (non-hydrogen) atoms. The topological polar surface area (TPSA) is 67.5 Å². The molecule has 0 saturated carbocycles. The van der Waals surface area contributed by atoms with Crippen LogP contribution >= 0.6 is 11.3 Å². The highest BCUT2D eigenvalue weighted by Crippen LogP contribution is 2.24. The second kappa shape index (κ2) is 4.17. The van der Waals surface area contributed by atoms with Gasteiger partial charge in [0, 0.05) is 5.56 Å². The molecule has 0 atom stereocenters. The van der Waals surface area contributed by atoms with Gasteiger partial charge in [-0.2, -0.15) is 0 Å². The van der Waals surface area contributed by atoms with Gasteiger partial charge < -0.3 is 5.11 Å². The number of hydrogen-bond acceptors (Lipinski definition) is 4. The molecule has 5 nitrogen and oxygen atoms in total. The summed E-state index contributed by atoms with van der Waals surface area (Å²) in [5.41, 5.74) is 4.25. The van der Waals surface area contributed by atoms with E-state index in [1.54, 1.807) is 6.20 Å². The Bertz CT molecular complexity index is 757. The first-order chi connectivity index (χ1) is 9.04. The Hall–Kier alpha value is -2.21. The lowest BCUT2D eigenvalue weighted by molar-refractivity contribution is 0.0695. The highest BCUT2D eigenvalue weighted by atomic mass is 32.1. The molecule has 0 saturated heterocycles. The Labute approximate surface area is 113 Å². The number of benzene rings is 1. The van der Waals surface area contributed by atoms with Gasteiger partial charge in [-0.1, -0.05) is 23.5 Å². The zero-order valence-corrected chi connectivity index (χ0v) is 11.2. The van der Waals surface area contributed by atoms with Crippen molar-refractivity contribution in [1.82, 2.24) is 14.6 Å². The molecule has 0 aliphatic heterocycles. The predicted octanol–water partition coefficient (Wildman–Crippen LogP) is 2.77. The number of aryl methyl sites for hydroxylation is 2. The third-order valence-electron chi connectivity index (χ3n) is 3.03. The first-order valence-electron chi connectivity index (χ1n) is 5.72. The molecule has 3 rings (SSSR count). The summed E-state index contributed by atoms with van der Waals surface area (Å²) in [4.78, 5) is 15.8. The summed E-state index contributed by atoms with van der Waals surface area (Å²) in [5, 5.41) is 12.9. The standard InChI is InChI=1S/C13H11N3O2S/c1-7-3-4-9(5-8(7)2)10-6-16-13(14-10)19-11(15-16)12(17)18/h3-6H,1-2H3,(H,17,18). The highest BCUT2D eigenvalue weighted by Gasteiger charge is 2.14. The first kappa shape index (κ1) is 11.9. The van der Waals surface area contributed by atoms with E-state index in [4.69, 9.17) is 5.11 Å². The van der Waals surface area contributed by atoms with Gasteiger partial charge in [-0.15, -0.1) is 5.10 Å². The van der Waals surface area contributed by atoms with Gasteiger partial charge in [0.2, 0.25) is 9.97 Å². The minimum absolute atomic E-state index is 0.0501. The van der Waals surface area contributed by atoms with Crippen molar-refractivity contribution in [2.45, 2.75) is 13.8 Å². The van der Waals surface area contributed by atoms with Crippen LogP contribution in [0.5, 0.6) is 0 Å². The van der Waals surface area contributed by atoms with E-state index in [1.165, 1.54) is 15.6 Å². The monoisotopic (exact) mass is 273 g/mol. The largest absolute Gasteiger partial charge is 0.476 e. The average Bonchev–Trinajstić information content (AvgIpc) is 2.90. The summed E-state index contributed by atoms with van der Waals surface area (Å²) in [6.45, 7) is 4.11. The van der Waals surface area contributed by atoms with E-state index in [-0.39, 0.29) is 5.01 Å². The van der Waals surface area contributed by atoms with Crippen LogP contribution in [0.4, 0.5) is 0 Å². The molecule has 2 heterocycles. The van der Waals surface area contributed by atoms with Gasteiger partial charge in [-0.05, 0) is 31.0 Å². The van der Waals surface area contributed by atoms with Crippen LogP contribution in [0.3, 0.4) is 0 Å². The zero-order valence-electron chi connectivity index (χ0n) is 10.4. The van der Waals surface area contributed by atoms with E-state index < -0.39 is 5.97 Å². The lowest BCUT2D eigenvalue weighted by Crippen LogP contribution is -1.95. The number of carbonyl (C=O) groups is 1. The summed E-state index contributed by atoms with van der Waals surface area (Å²) in [5.74, 6) is -1.02. The molecule has 0 unspecified atom stereocenters. The molecule has 2 aromatic heterocycles. The van der Waals surface area contributed by atoms with Gasteiger partial charge >= 0.3 is 5.97 Å². The zero-order chi connectivity index (χ0) is 13.6. The van der Waals surface area contributed by atoms with Crippen molar-refractivity contribution in [3.63, 3.8) is 0 Å². The smallest absolute Gasteiger partial charge is 0.367 e. The number of carboxylic acid groups (broad SMARTS) is 1. The maximum atomic E-state index is 10.8. The van der Waals surface area contributed by atoms with Crippen molar-refractivity contribution in [2.75, 3.05) is 0 Å². The molecule has 0 aliphatic rings. The maximum Gasteiger partial charge on any atom is 0.367 e. The van der Waals surface area contributed by atoms with Crippen LogP contribution in [0.2, 0.25) is 0 Å². The van der Waals surface area contributed by atoms with E-state index >= 15 is 0 Å². The van der Waals surface area contributed by atoms with Crippen molar-refractivity contribution in [3.05, 3.63) is 40.5 Å². The summed E-state index contributed by atoms with van der Waals surface area (Å²) in [7, 11) is 0. The minimum atomic E-state index is -1.02. The van der Waals surface area contributed by atoms with Crippen LogP contribution in [-0.4, -0.2) is 25.7 Å². The van der Waals surface area contributed by atoms with Crippen LogP contribution in [0.1, 0.15) is 20.9 Å². The third-order valence-corrected chi connectivity index (χ3v) is 3.94. The van der Waals surface area contributed by atoms with Gasteiger partial charge in [-0.25, -0.2) is 14.3 Å². The number of carboxylic acids is 1. The predicted molar refractivity (Wildman–Crippen MR) is 72.7 cm³/mol. The highest BCUT2D eigenvalue weighted by molar-refractivity contribution is 7.18. The molecule has 0 spiro atoms. The van der Waals surface area contributed by atoms with Crippen LogP contribution in [0, 0.1) is 13.8 Å². The fourth-order valence-electron chi connectivity index (χ4n) is 1.83. The number of fused-ring (bicyclic) bond motifs is 1. The molecule has 0 bridgehead atoms. The Kier molecular flexibility index (Phi) is 2.60. The minimum Gasteiger partial charge on any atom is -0.476 e. The Balaban J connectivity index is 2.08. The van der Waals surface area contributed by atoms with Gasteiger partial charge in [0.15, 0.2) is 0 Å². The number of imidazole rings is 1. The van der Waals surface area contributed by atoms with E-state index in [9.17, 15) is 4.79 Å². The number of nitrogens with zero attached hydrogens (tertiary/aromatic N) is 3. The molecular weight excluding hydrogens is 262 g/mol. The SMILES string of the molecule is Cc1ccc(-c2cn3nc(C(=O)O)sc3n2)cc1C. The van der Waals surface area contributed by atoms with Crippen molar-refractivity contribution in [2.24, 2.45) is 0 Å². The van der Waals surface area contributed by atoms with Gasteiger partial charge in [0.1, 0.15) is 0 Å². The average molecular weight is 273 g/mol. The van der Waals surface area contributed by atoms with E-state index in [0.29, 0.717) is 4.96 Å². The number of aromatic nitrogens is 3. The fraction of sp³-hybridized carbons (Fsp3) is 0.154. The molecule has 0 fully saturated rings. The molecule has 6 heteroatoms. The van der Waals surface area contributed by atoms with Crippen molar-refractivity contribution >= 4 is 22.3 Å². The van der Waals surface area contributed by atoms with Crippen LogP contribution in [-0.2, 0) is 0 Å². The quantitative estimate of drug-likeness (QED) is 0.779. The van der Waals surface area contributed by atoms with Gasteiger partial charge in [0.25, 0.3) is 0 Å². The lowest BCUT2D eigenvalue weighted by Gasteiger charge is -2.01. The number of hydrogen-bond donors (Lipinski definition) is 1. The summed E-state index contributed by atoms with van der Waals surface area (Å²) in [6, 6.07) is 6.13. The number of rotatable bonds is 2. The van der Waals surface area contributed by atoms with Gasteiger partial charge in [0.05, 0.1) is 11.9 Å². The summed E-state index contributed by atoms with van der Waals surface area (Å²) < 4.78 is 1.51. The summed E-state index contributed by atoms with van der Waals surface area (Å²) >= 11 is 1.07. The molecule has 96 valence electrons. The molecule has 0 radical (unpaired) electrons. The van der Waals surface area contributed by atoms with E-state index in [1.807, 2.05) is 12.1 Å². The second-order valence-electron chi connectivity index (χ2n) is 4.36. The van der Waals surface area contributed by atoms with Crippen LogP contribution in [0.15, 0.2) is 24.4 Å². The Morgan fingerprint density at radius 1 is 1.32 bits per heavy atom. The molecule has 1 aromatic carbocycles. The summed E-state index contributed by atoms with van der Waals surface area (Å²) in [6.07, 6.45) is 1.75. The van der Waals surface area contributed by atoms with Crippen molar-refractivity contribution < 1.29 is 9.90 Å². The van der Waals surface area contributed by atoms with E-state index in [0.717, 1.165) is 22.6 Å². The maximum absolute atomic E-state index is 10.8. The Morgan fingerprint density at radius 2 is 2.11 bits per heavy atom. The van der Waals surface area contributed by atoms with E-state index in [2.05, 4.69) is 30.0 Å². The molecule has 1 N–H and O–H groups in total. The third kappa shape index (κ3) is 2.00. The molecule has 3 aromatic rings. The van der Waals surface area contributed by atoms with Crippen molar-refractivity contribution in [3.8, 4) is 11.3 Å². The van der Waals surface area contributed by atoms with Crippen LogP contribution < -0.4 is 0 Å². The Morgan fingerprint density at radius 3 is 2.74 bits per heavy atom. The number of aromatic carboxylic acids is 1.